The van der Waals surface area contributed by atoms with E-state index in [2.05, 4.69) is 16.8 Å². The fraction of sp³-hybridized carbons (Fsp3) is 0.571. The number of aromatic carboxylic acids is 1. The summed E-state index contributed by atoms with van der Waals surface area (Å²) in [6.45, 7) is 2.28. The molecule has 0 amide bonds. The average Bonchev–Trinajstić information content (AvgIpc) is 2.39. The van der Waals surface area contributed by atoms with Gasteiger partial charge in [0.2, 0.25) is 0 Å². The molecule has 1 aromatic rings. The molecule has 4 nitrogen and oxygen atoms in total. The molecular weight excluding hydrogens is 264 g/mol. The lowest BCUT2D eigenvalue weighted by atomic mass is 9.87. The molecule has 0 saturated heterocycles. The van der Waals surface area contributed by atoms with Crippen molar-refractivity contribution in [2.24, 2.45) is 5.92 Å². The van der Waals surface area contributed by atoms with Crippen LogP contribution in [0, 0.1) is 5.92 Å². The van der Waals surface area contributed by atoms with Crippen molar-refractivity contribution in [1.29, 1.82) is 0 Å². The standard InChI is InChI=1S/C14H19ClN2O2/c1-9-3-5-10(6-4-9)17(2)13-7-11(14(18)19)12(15)8-16-13/h7-10H,3-6H2,1-2H3,(H,18,19). The molecule has 0 radical (unpaired) electrons. The van der Waals surface area contributed by atoms with Crippen molar-refractivity contribution in [1.82, 2.24) is 4.98 Å². The summed E-state index contributed by atoms with van der Waals surface area (Å²) in [6, 6.07) is 1.99. The summed E-state index contributed by atoms with van der Waals surface area (Å²) in [4.78, 5) is 17.4. The number of carbonyl (C=O) groups is 1. The number of rotatable bonds is 3. The van der Waals surface area contributed by atoms with E-state index in [9.17, 15) is 4.79 Å². The number of pyridine rings is 1. The van der Waals surface area contributed by atoms with Crippen molar-refractivity contribution < 1.29 is 9.90 Å². The van der Waals surface area contributed by atoms with E-state index < -0.39 is 5.97 Å². The van der Waals surface area contributed by atoms with Crippen LogP contribution in [0.5, 0.6) is 0 Å². The maximum Gasteiger partial charge on any atom is 0.337 e. The lowest BCUT2D eigenvalue weighted by molar-refractivity contribution is 0.0697. The van der Waals surface area contributed by atoms with Crippen molar-refractivity contribution >= 4 is 23.4 Å². The number of aromatic nitrogens is 1. The quantitative estimate of drug-likeness (QED) is 0.922. The minimum absolute atomic E-state index is 0.114. The van der Waals surface area contributed by atoms with Crippen LogP contribution in [0.4, 0.5) is 5.82 Å². The summed E-state index contributed by atoms with van der Waals surface area (Å²) in [5.41, 5.74) is 0.114. The summed E-state index contributed by atoms with van der Waals surface area (Å²) < 4.78 is 0. The van der Waals surface area contributed by atoms with Gasteiger partial charge in [-0.2, -0.15) is 0 Å². The van der Waals surface area contributed by atoms with Gasteiger partial charge in [-0.25, -0.2) is 9.78 Å². The predicted molar refractivity (Wildman–Crippen MR) is 76.0 cm³/mol. The molecule has 1 aromatic heterocycles. The molecular formula is C14H19ClN2O2. The van der Waals surface area contributed by atoms with Crippen molar-refractivity contribution in [3.63, 3.8) is 0 Å². The van der Waals surface area contributed by atoms with Crippen molar-refractivity contribution in [3.05, 3.63) is 22.8 Å². The molecule has 0 aliphatic heterocycles. The summed E-state index contributed by atoms with van der Waals surface area (Å²) in [5, 5.41) is 9.27. The number of nitrogens with zero attached hydrogens (tertiary/aromatic N) is 2. The van der Waals surface area contributed by atoms with Crippen molar-refractivity contribution in [2.75, 3.05) is 11.9 Å². The molecule has 1 saturated carbocycles. The monoisotopic (exact) mass is 282 g/mol. The Labute approximate surface area is 118 Å². The van der Waals surface area contributed by atoms with Gasteiger partial charge in [-0.1, -0.05) is 18.5 Å². The first-order chi connectivity index (χ1) is 8.99. The molecule has 1 heterocycles. The van der Waals surface area contributed by atoms with Gasteiger partial charge in [0, 0.05) is 19.3 Å². The van der Waals surface area contributed by atoms with Crippen LogP contribution in [0.15, 0.2) is 12.3 Å². The number of hydrogen-bond donors (Lipinski definition) is 1. The molecule has 1 fully saturated rings. The molecule has 0 atom stereocenters. The Hall–Kier alpha value is -1.29. The van der Waals surface area contributed by atoms with E-state index >= 15 is 0 Å². The molecule has 1 aliphatic rings. The number of hydrogen-bond acceptors (Lipinski definition) is 3. The van der Waals surface area contributed by atoms with E-state index in [1.165, 1.54) is 19.0 Å². The smallest absolute Gasteiger partial charge is 0.337 e. The van der Waals surface area contributed by atoms with E-state index in [0.29, 0.717) is 11.9 Å². The van der Waals surface area contributed by atoms with E-state index in [1.807, 2.05) is 7.05 Å². The topological polar surface area (TPSA) is 53.4 Å². The highest BCUT2D eigenvalue weighted by molar-refractivity contribution is 6.33. The molecule has 0 bridgehead atoms. The molecule has 19 heavy (non-hydrogen) atoms. The molecule has 104 valence electrons. The third kappa shape index (κ3) is 3.18. The number of carboxylic acid groups (broad SMARTS) is 1. The highest BCUT2D eigenvalue weighted by Gasteiger charge is 2.23. The Kier molecular flexibility index (Phi) is 4.30. The highest BCUT2D eigenvalue weighted by Crippen LogP contribution is 2.29. The summed E-state index contributed by atoms with van der Waals surface area (Å²) in [6.07, 6.45) is 6.11. The number of anilines is 1. The van der Waals surface area contributed by atoms with Crippen LogP contribution in [0.3, 0.4) is 0 Å². The van der Waals surface area contributed by atoms with Crippen LogP contribution in [-0.4, -0.2) is 29.1 Å². The first-order valence-corrected chi connectivity index (χ1v) is 6.98. The first kappa shape index (κ1) is 14.1. The van der Waals surface area contributed by atoms with Crippen LogP contribution < -0.4 is 4.90 Å². The zero-order valence-corrected chi connectivity index (χ0v) is 12.0. The third-order valence-corrected chi connectivity index (χ3v) is 4.27. The lowest BCUT2D eigenvalue weighted by Crippen LogP contribution is -2.35. The van der Waals surface area contributed by atoms with Gasteiger partial charge in [0.25, 0.3) is 0 Å². The molecule has 0 aromatic carbocycles. The van der Waals surface area contributed by atoms with Gasteiger partial charge >= 0.3 is 5.97 Å². The Balaban J connectivity index is 2.17. The van der Waals surface area contributed by atoms with E-state index in [4.69, 9.17) is 16.7 Å². The van der Waals surface area contributed by atoms with Crippen LogP contribution in [0.2, 0.25) is 5.02 Å². The Morgan fingerprint density at radius 3 is 2.63 bits per heavy atom. The minimum atomic E-state index is -1.01. The molecule has 2 rings (SSSR count). The van der Waals surface area contributed by atoms with Gasteiger partial charge in [0.1, 0.15) is 5.82 Å². The molecule has 0 spiro atoms. The second-order valence-corrected chi connectivity index (χ2v) is 5.76. The van der Waals surface area contributed by atoms with Crippen molar-refractivity contribution in [3.8, 4) is 0 Å². The third-order valence-electron chi connectivity index (χ3n) is 3.97. The largest absolute Gasteiger partial charge is 0.478 e. The Bertz CT molecular complexity index is 471. The van der Waals surface area contributed by atoms with Gasteiger partial charge < -0.3 is 10.0 Å². The van der Waals surface area contributed by atoms with Gasteiger partial charge in [-0.3, -0.25) is 0 Å². The summed E-state index contributed by atoms with van der Waals surface area (Å²) >= 11 is 5.84. The second-order valence-electron chi connectivity index (χ2n) is 5.35. The maximum atomic E-state index is 11.1. The molecule has 0 unspecified atom stereocenters. The SMILES string of the molecule is CC1CCC(N(C)c2cc(C(=O)O)c(Cl)cn2)CC1. The van der Waals surface area contributed by atoms with Crippen LogP contribution in [0.1, 0.15) is 43.0 Å². The predicted octanol–water partition coefficient (Wildman–Crippen LogP) is 3.45. The fourth-order valence-corrected chi connectivity index (χ4v) is 2.79. The van der Waals surface area contributed by atoms with Gasteiger partial charge in [0.15, 0.2) is 0 Å². The summed E-state index contributed by atoms with van der Waals surface area (Å²) in [5.74, 6) is 0.457. The first-order valence-electron chi connectivity index (χ1n) is 6.60. The van der Waals surface area contributed by atoms with E-state index in [0.717, 1.165) is 18.8 Å². The Morgan fingerprint density at radius 2 is 2.05 bits per heavy atom. The zero-order chi connectivity index (χ0) is 14.0. The minimum Gasteiger partial charge on any atom is -0.478 e. The zero-order valence-electron chi connectivity index (χ0n) is 11.3. The van der Waals surface area contributed by atoms with E-state index in [-0.39, 0.29) is 10.6 Å². The summed E-state index contributed by atoms with van der Waals surface area (Å²) in [7, 11) is 1.97. The Morgan fingerprint density at radius 1 is 1.42 bits per heavy atom. The maximum absolute atomic E-state index is 11.1. The van der Waals surface area contributed by atoms with E-state index in [1.54, 1.807) is 6.07 Å². The fourth-order valence-electron chi connectivity index (χ4n) is 2.60. The van der Waals surface area contributed by atoms with Gasteiger partial charge in [0.05, 0.1) is 10.6 Å². The highest BCUT2D eigenvalue weighted by atomic mass is 35.5. The van der Waals surface area contributed by atoms with Crippen LogP contribution >= 0.6 is 11.6 Å². The molecule has 5 heteroatoms. The number of halogens is 1. The van der Waals surface area contributed by atoms with Crippen LogP contribution in [0.25, 0.3) is 0 Å². The van der Waals surface area contributed by atoms with Crippen molar-refractivity contribution in [2.45, 2.75) is 38.6 Å². The lowest BCUT2D eigenvalue weighted by Gasteiger charge is -2.34. The average molecular weight is 283 g/mol. The normalized spacial score (nSPS) is 23.1. The second kappa shape index (κ2) is 5.78. The van der Waals surface area contributed by atoms with Gasteiger partial charge in [-0.05, 0) is 37.7 Å². The van der Waals surface area contributed by atoms with Crippen LogP contribution in [-0.2, 0) is 0 Å². The number of carboxylic acids is 1. The molecule has 1 aliphatic carbocycles. The van der Waals surface area contributed by atoms with Gasteiger partial charge in [-0.15, -0.1) is 0 Å². The molecule has 1 N–H and O–H groups in total.